The minimum atomic E-state index is 0.286. The fourth-order valence-corrected chi connectivity index (χ4v) is 3.54. The third-order valence-electron chi connectivity index (χ3n) is 4.35. The number of piperidine rings is 2. The van der Waals surface area contributed by atoms with Crippen molar-refractivity contribution >= 4 is 0 Å². The van der Waals surface area contributed by atoms with Gasteiger partial charge in [-0.25, -0.2) is 0 Å². The molecule has 92 valence electrons. The molecule has 0 aliphatic carbocycles. The molecular weight excluding hydrogens is 196 g/mol. The topological polar surface area (TPSA) is 15.3 Å². The lowest BCUT2D eigenvalue weighted by molar-refractivity contribution is 0.0344. The molecule has 2 heterocycles. The first kappa shape index (κ1) is 12.1. The number of nitrogens with zero attached hydrogens (tertiary/aromatic N) is 1. The second-order valence-corrected chi connectivity index (χ2v) is 5.91. The van der Waals surface area contributed by atoms with E-state index in [-0.39, 0.29) is 5.54 Å². The highest BCUT2D eigenvalue weighted by Gasteiger charge is 2.38. The van der Waals surface area contributed by atoms with Gasteiger partial charge >= 0.3 is 0 Å². The molecular formula is C14H26N2. The maximum atomic E-state index is 4.11. The van der Waals surface area contributed by atoms with Gasteiger partial charge in [0, 0.05) is 18.6 Å². The predicted octanol–water partition coefficient (Wildman–Crippen LogP) is 2.27. The third-order valence-corrected chi connectivity index (χ3v) is 4.35. The lowest BCUT2D eigenvalue weighted by atomic mass is 9.81. The molecule has 2 fully saturated rings. The molecule has 2 aliphatic rings. The Morgan fingerprint density at radius 2 is 1.75 bits per heavy atom. The average Bonchev–Trinajstić information content (AvgIpc) is 2.28. The van der Waals surface area contributed by atoms with Crippen LogP contribution in [-0.2, 0) is 0 Å². The summed E-state index contributed by atoms with van der Waals surface area (Å²) in [6.45, 7) is 13.7. The number of nitrogens with one attached hydrogen (secondary N) is 1. The summed E-state index contributed by atoms with van der Waals surface area (Å²) in [5.74, 6) is 1.69. The van der Waals surface area contributed by atoms with Crippen molar-refractivity contribution < 1.29 is 0 Å². The van der Waals surface area contributed by atoms with Crippen LogP contribution < -0.4 is 5.32 Å². The molecule has 0 aromatic rings. The molecule has 0 radical (unpaired) electrons. The van der Waals surface area contributed by atoms with Crippen LogP contribution in [0.5, 0.6) is 0 Å². The maximum Gasteiger partial charge on any atom is 0.0413 e. The van der Waals surface area contributed by atoms with Gasteiger partial charge in [0.15, 0.2) is 0 Å². The quantitative estimate of drug-likeness (QED) is 0.721. The molecule has 2 rings (SSSR count). The standard InChI is InChI=1S/C14H26N2/c1-4-14(5-7-15-8-6-14)16-10-12(2)9-13(3)11-16/h4,12-13,15H,1,5-11H2,2-3H3. The van der Waals surface area contributed by atoms with Crippen LogP contribution in [0.3, 0.4) is 0 Å². The van der Waals surface area contributed by atoms with Gasteiger partial charge < -0.3 is 5.32 Å². The highest BCUT2D eigenvalue weighted by molar-refractivity contribution is 5.08. The number of likely N-dealkylation sites (tertiary alicyclic amines) is 1. The molecule has 1 N–H and O–H groups in total. The zero-order valence-electron chi connectivity index (χ0n) is 10.8. The van der Waals surface area contributed by atoms with E-state index in [9.17, 15) is 0 Å². The lowest BCUT2D eigenvalue weighted by Gasteiger charge is -2.49. The third kappa shape index (κ3) is 2.33. The first-order valence-corrected chi connectivity index (χ1v) is 6.75. The van der Waals surface area contributed by atoms with Gasteiger partial charge in [-0.3, -0.25) is 4.90 Å². The average molecular weight is 222 g/mol. The van der Waals surface area contributed by atoms with Crippen molar-refractivity contribution in [3.8, 4) is 0 Å². The van der Waals surface area contributed by atoms with Crippen LogP contribution >= 0.6 is 0 Å². The van der Waals surface area contributed by atoms with E-state index in [1.54, 1.807) is 0 Å². The van der Waals surface area contributed by atoms with E-state index in [0.29, 0.717) is 0 Å². The predicted molar refractivity (Wildman–Crippen MR) is 69.5 cm³/mol. The molecule has 2 unspecified atom stereocenters. The van der Waals surface area contributed by atoms with E-state index in [1.807, 2.05) is 0 Å². The molecule has 2 aliphatic heterocycles. The summed E-state index contributed by atoms with van der Waals surface area (Å²) >= 11 is 0. The van der Waals surface area contributed by atoms with Crippen molar-refractivity contribution in [2.24, 2.45) is 11.8 Å². The van der Waals surface area contributed by atoms with Crippen molar-refractivity contribution in [1.29, 1.82) is 0 Å². The highest BCUT2D eigenvalue weighted by Crippen LogP contribution is 2.33. The van der Waals surface area contributed by atoms with Crippen molar-refractivity contribution in [2.45, 2.75) is 38.6 Å². The highest BCUT2D eigenvalue weighted by atomic mass is 15.2. The van der Waals surface area contributed by atoms with Crippen LogP contribution in [0.4, 0.5) is 0 Å². The lowest BCUT2D eigenvalue weighted by Crippen LogP contribution is -2.57. The van der Waals surface area contributed by atoms with E-state index < -0.39 is 0 Å². The van der Waals surface area contributed by atoms with Gasteiger partial charge in [0.1, 0.15) is 0 Å². The Labute approximate surface area is 100 Å². The summed E-state index contributed by atoms with van der Waals surface area (Å²) in [6, 6.07) is 0. The molecule has 0 spiro atoms. The Hall–Kier alpha value is -0.340. The van der Waals surface area contributed by atoms with Gasteiger partial charge in [-0.2, -0.15) is 0 Å². The molecule has 2 saturated heterocycles. The van der Waals surface area contributed by atoms with Gasteiger partial charge in [-0.15, -0.1) is 6.58 Å². The van der Waals surface area contributed by atoms with Crippen LogP contribution in [0.1, 0.15) is 33.1 Å². The Bertz CT molecular complexity index is 233. The Balaban J connectivity index is 2.10. The normalized spacial score (nSPS) is 35.9. The first-order valence-electron chi connectivity index (χ1n) is 6.75. The largest absolute Gasteiger partial charge is 0.317 e. The van der Waals surface area contributed by atoms with Gasteiger partial charge in [0.2, 0.25) is 0 Å². The SMILES string of the molecule is C=CC1(N2CC(C)CC(C)C2)CCNCC1. The summed E-state index contributed by atoms with van der Waals surface area (Å²) in [6.07, 6.45) is 6.08. The van der Waals surface area contributed by atoms with E-state index in [4.69, 9.17) is 0 Å². The van der Waals surface area contributed by atoms with E-state index in [2.05, 4.69) is 36.7 Å². The summed E-state index contributed by atoms with van der Waals surface area (Å²) in [5.41, 5.74) is 0.286. The number of hydrogen-bond donors (Lipinski definition) is 1. The first-order chi connectivity index (χ1) is 7.66. The van der Waals surface area contributed by atoms with Crippen LogP contribution in [-0.4, -0.2) is 36.6 Å². The fourth-order valence-electron chi connectivity index (χ4n) is 3.54. The number of hydrogen-bond acceptors (Lipinski definition) is 2. The minimum Gasteiger partial charge on any atom is -0.317 e. The summed E-state index contributed by atoms with van der Waals surface area (Å²) in [7, 11) is 0. The zero-order valence-corrected chi connectivity index (χ0v) is 10.8. The Kier molecular flexibility index (Phi) is 3.70. The smallest absolute Gasteiger partial charge is 0.0413 e. The number of rotatable bonds is 2. The van der Waals surface area contributed by atoms with E-state index in [1.165, 1.54) is 32.4 Å². The van der Waals surface area contributed by atoms with Crippen LogP contribution in [0.25, 0.3) is 0 Å². The maximum absolute atomic E-state index is 4.11. The molecule has 2 atom stereocenters. The van der Waals surface area contributed by atoms with Crippen molar-refractivity contribution in [3.63, 3.8) is 0 Å². The molecule has 0 bridgehead atoms. The van der Waals surface area contributed by atoms with Gasteiger partial charge in [0.05, 0.1) is 0 Å². The fraction of sp³-hybridized carbons (Fsp3) is 0.857. The second kappa shape index (κ2) is 4.89. The zero-order chi connectivity index (χ0) is 11.6. The van der Waals surface area contributed by atoms with Crippen molar-refractivity contribution in [2.75, 3.05) is 26.2 Å². The minimum absolute atomic E-state index is 0.286. The van der Waals surface area contributed by atoms with Gasteiger partial charge in [-0.1, -0.05) is 19.9 Å². The molecule has 2 heteroatoms. The Morgan fingerprint density at radius 1 is 1.19 bits per heavy atom. The summed E-state index contributed by atoms with van der Waals surface area (Å²) in [5, 5.41) is 3.46. The van der Waals surface area contributed by atoms with E-state index in [0.717, 1.165) is 24.9 Å². The molecule has 0 amide bonds. The Morgan fingerprint density at radius 3 is 2.25 bits per heavy atom. The summed E-state index contributed by atoms with van der Waals surface area (Å²) < 4.78 is 0. The molecule has 0 aromatic carbocycles. The van der Waals surface area contributed by atoms with Crippen LogP contribution in [0, 0.1) is 11.8 Å². The molecule has 0 aromatic heterocycles. The summed E-state index contributed by atoms with van der Waals surface area (Å²) in [4.78, 5) is 2.71. The monoisotopic (exact) mass is 222 g/mol. The van der Waals surface area contributed by atoms with Gasteiger partial charge in [-0.05, 0) is 44.2 Å². The second-order valence-electron chi connectivity index (χ2n) is 5.91. The molecule has 2 nitrogen and oxygen atoms in total. The molecule has 0 saturated carbocycles. The van der Waals surface area contributed by atoms with Crippen molar-refractivity contribution in [3.05, 3.63) is 12.7 Å². The van der Waals surface area contributed by atoms with Crippen LogP contribution in [0.15, 0.2) is 12.7 Å². The molecule has 16 heavy (non-hydrogen) atoms. The van der Waals surface area contributed by atoms with Crippen LogP contribution in [0.2, 0.25) is 0 Å². The van der Waals surface area contributed by atoms with Gasteiger partial charge in [0.25, 0.3) is 0 Å². The van der Waals surface area contributed by atoms with E-state index >= 15 is 0 Å². The van der Waals surface area contributed by atoms with Crippen molar-refractivity contribution in [1.82, 2.24) is 10.2 Å².